The van der Waals surface area contributed by atoms with E-state index in [1.807, 2.05) is 17.9 Å². The first-order chi connectivity index (χ1) is 9.72. The molecule has 1 heterocycles. The van der Waals surface area contributed by atoms with Crippen LogP contribution in [0.15, 0.2) is 30.3 Å². The van der Waals surface area contributed by atoms with Crippen molar-refractivity contribution in [1.82, 2.24) is 9.80 Å². The Morgan fingerprint density at radius 1 is 1.30 bits per heavy atom. The van der Waals surface area contributed by atoms with Gasteiger partial charge in [-0.05, 0) is 19.5 Å². The number of carbonyl (C=O) groups is 1. The molecule has 0 spiro atoms. The van der Waals surface area contributed by atoms with E-state index in [1.165, 1.54) is 5.56 Å². The van der Waals surface area contributed by atoms with Gasteiger partial charge in [-0.2, -0.15) is 0 Å². The normalized spacial score (nSPS) is 20.1. The van der Waals surface area contributed by atoms with Crippen LogP contribution in [0.3, 0.4) is 0 Å². The number of piperazine rings is 1. The standard InChI is InChI=1S/C16H24N2O2/c1-3-20-12-9-16(19)18-11-10-17(2)15(13-18)14-7-5-4-6-8-14/h4-8,15H,3,9-13H2,1-2H3/t15-/m0/s1. The summed E-state index contributed by atoms with van der Waals surface area (Å²) in [5, 5.41) is 0. The number of likely N-dealkylation sites (N-methyl/N-ethyl adjacent to an activating group) is 1. The second-order valence-corrected chi connectivity index (χ2v) is 5.19. The number of amides is 1. The van der Waals surface area contributed by atoms with Gasteiger partial charge in [0.2, 0.25) is 5.91 Å². The summed E-state index contributed by atoms with van der Waals surface area (Å²) in [7, 11) is 2.12. The summed E-state index contributed by atoms with van der Waals surface area (Å²) in [6.07, 6.45) is 0.485. The van der Waals surface area contributed by atoms with Crippen LogP contribution in [0.25, 0.3) is 0 Å². The summed E-state index contributed by atoms with van der Waals surface area (Å²) in [6.45, 7) is 5.64. The molecule has 0 saturated carbocycles. The average molecular weight is 276 g/mol. The van der Waals surface area contributed by atoms with Crippen LogP contribution in [0.4, 0.5) is 0 Å². The molecule has 1 aliphatic heterocycles. The predicted octanol–water partition coefficient (Wildman–Crippen LogP) is 1.93. The molecule has 1 aliphatic rings. The number of hydrogen-bond acceptors (Lipinski definition) is 3. The van der Waals surface area contributed by atoms with E-state index in [1.54, 1.807) is 0 Å². The highest BCUT2D eigenvalue weighted by molar-refractivity contribution is 5.76. The summed E-state index contributed by atoms with van der Waals surface area (Å²) in [5.74, 6) is 0.201. The van der Waals surface area contributed by atoms with E-state index < -0.39 is 0 Å². The fraction of sp³-hybridized carbons (Fsp3) is 0.562. The van der Waals surface area contributed by atoms with Crippen molar-refractivity contribution < 1.29 is 9.53 Å². The highest BCUT2D eigenvalue weighted by atomic mass is 16.5. The van der Waals surface area contributed by atoms with Crippen LogP contribution in [0, 0.1) is 0 Å². The Morgan fingerprint density at radius 3 is 2.75 bits per heavy atom. The smallest absolute Gasteiger partial charge is 0.224 e. The van der Waals surface area contributed by atoms with E-state index in [0.29, 0.717) is 25.7 Å². The van der Waals surface area contributed by atoms with Gasteiger partial charge in [0, 0.05) is 26.2 Å². The van der Waals surface area contributed by atoms with Gasteiger partial charge in [-0.25, -0.2) is 0 Å². The van der Waals surface area contributed by atoms with Gasteiger partial charge >= 0.3 is 0 Å². The Morgan fingerprint density at radius 2 is 2.05 bits per heavy atom. The maximum absolute atomic E-state index is 12.2. The molecule has 0 unspecified atom stereocenters. The van der Waals surface area contributed by atoms with Crippen molar-refractivity contribution in [3.8, 4) is 0 Å². The summed E-state index contributed by atoms with van der Waals surface area (Å²) in [6, 6.07) is 10.7. The molecule has 0 aliphatic carbocycles. The molecule has 1 fully saturated rings. The van der Waals surface area contributed by atoms with Crippen LogP contribution in [0.5, 0.6) is 0 Å². The number of rotatable bonds is 5. The summed E-state index contributed by atoms with van der Waals surface area (Å²) in [5.41, 5.74) is 1.28. The lowest BCUT2D eigenvalue weighted by Gasteiger charge is -2.39. The molecular formula is C16H24N2O2. The summed E-state index contributed by atoms with van der Waals surface area (Å²) >= 11 is 0. The lowest BCUT2D eigenvalue weighted by Crippen LogP contribution is -2.49. The van der Waals surface area contributed by atoms with E-state index in [0.717, 1.165) is 19.6 Å². The van der Waals surface area contributed by atoms with Crippen LogP contribution in [0.2, 0.25) is 0 Å². The van der Waals surface area contributed by atoms with Crippen LogP contribution in [0.1, 0.15) is 24.9 Å². The molecule has 110 valence electrons. The van der Waals surface area contributed by atoms with Gasteiger partial charge in [-0.3, -0.25) is 9.69 Å². The third kappa shape index (κ3) is 3.81. The van der Waals surface area contributed by atoms with E-state index >= 15 is 0 Å². The lowest BCUT2D eigenvalue weighted by molar-refractivity contribution is -0.135. The molecule has 0 N–H and O–H groups in total. The van der Waals surface area contributed by atoms with Gasteiger partial charge in [0.1, 0.15) is 0 Å². The fourth-order valence-corrected chi connectivity index (χ4v) is 2.60. The minimum Gasteiger partial charge on any atom is -0.381 e. The van der Waals surface area contributed by atoms with Crippen molar-refractivity contribution in [2.24, 2.45) is 0 Å². The van der Waals surface area contributed by atoms with Gasteiger partial charge in [-0.15, -0.1) is 0 Å². The van der Waals surface area contributed by atoms with Gasteiger partial charge in [-0.1, -0.05) is 30.3 Å². The van der Waals surface area contributed by atoms with E-state index in [-0.39, 0.29) is 5.91 Å². The molecule has 4 heteroatoms. The SMILES string of the molecule is CCOCCC(=O)N1CCN(C)[C@H](c2ccccc2)C1. The quantitative estimate of drug-likeness (QED) is 0.770. The molecule has 2 rings (SSSR count). The Bertz CT molecular complexity index is 422. The lowest BCUT2D eigenvalue weighted by atomic mass is 10.0. The number of hydrogen-bond donors (Lipinski definition) is 0. The minimum absolute atomic E-state index is 0.201. The molecule has 20 heavy (non-hydrogen) atoms. The number of benzene rings is 1. The molecule has 0 radical (unpaired) electrons. The highest BCUT2D eigenvalue weighted by Crippen LogP contribution is 2.24. The number of ether oxygens (including phenoxy) is 1. The van der Waals surface area contributed by atoms with Gasteiger partial charge in [0.05, 0.1) is 19.1 Å². The maximum Gasteiger partial charge on any atom is 0.224 e. The topological polar surface area (TPSA) is 32.8 Å². The summed E-state index contributed by atoms with van der Waals surface area (Å²) < 4.78 is 5.27. The first-order valence-corrected chi connectivity index (χ1v) is 7.33. The molecule has 0 bridgehead atoms. The molecule has 1 atom stereocenters. The van der Waals surface area contributed by atoms with Crippen LogP contribution < -0.4 is 0 Å². The third-order valence-electron chi connectivity index (χ3n) is 3.85. The monoisotopic (exact) mass is 276 g/mol. The minimum atomic E-state index is 0.201. The van der Waals surface area contributed by atoms with Crippen LogP contribution in [-0.2, 0) is 9.53 Å². The van der Waals surface area contributed by atoms with E-state index in [4.69, 9.17) is 4.74 Å². The van der Waals surface area contributed by atoms with Crippen molar-refractivity contribution in [3.05, 3.63) is 35.9 Å². The van der Waals surface area contributed by atoms with Crippen LogP contribution in [-0.4, -0.2) is 55.6 Å². The van der Waals surface area contributed by atoms with Gasteiger partial charge in [0.25, 0.3) is 0 Å². The molecule has 4 nitrogen and oxygen atoms in total. The second kappa shape index (κ2) is 7.41. The predicted molar refractivity (Wildman–Crippen MR) is 79.5 cm³/mol. The highest BCUT2D eigenvalue weighted by Gasteiger charge is 2.27. The number of nitrogens with zero attached hydrogens (tertiary/aromatic N) is 2. The Kier molecular flexibility index (Phi) is 5.56. The third-order valence-corrected chi connectivity index (χ3v) is 3.85. The van der Waals surface area contributed by atoms with Gasteiger partial charge < -0.3 is 9.64 Å². The van der Waals surface area contributed by atoms with E-state index in [9.17, 15) is 4.79 Å². The molecule has 1 aromatic carbocycles. The number of carbonyl (C=O) groups excluding carboxylic acids is 1. The van der Waals surface area contributed by atoms with E-state index in [2.05, 4.69) is 36.2 Å². The largest absolute Gasteiger partial charge is 0.381 e. The Balaban J connectivity index is 1.96. The molecule has 1 saturated heterocycles. The average Bonchev–Trinajstić information content (AvgIpc) is 2.49. The second-order valence-electron chi connectivity index (χ2n) is 5.19. The zero-order valence-electron chi connectivity index (χ0n) is 12.4. The first kappa shape index (κ1) is 15.0. The zero-order chi connectivity index (χ0) is 14.4. The molecule has 0 aromatic heterocycles. The van der Waals surface area contributed by atoms with Crippen molar-refractivity contribution in [3.63, 3.8) is 0 Å². The Hall–Kier alpha value is -1.39. The van der Waals surface area contributed by atoms with Crippen molar-refractivity contribution in [2.75, 3.05) is 39.9 Å². The van der Waals surface area contributed by atoms with Crippen LogP contribution >= 0.6 is 0 Å². The fourth-order valence-electron chi connectivity index (χ4n) is 2.60. The first-order valence-electron chi connectivity index (χ1n) is 7.33. The molecule has 1 amide bonds. The van der Waals surface area contributed by atoms with Crippen molar-refractivity contribution in [1.29, 1.82) is 0 Å². The maximum atomic E-state index is 12.2. The molecular weight excluding hydrogens is 252 g/mol. The Labute approximate surface area is 121 Å². The van der Waals surface area contributed by atoms with Gasteiger partial charge in [0.15, 0.2) is 0 Å². The van der Waals surface area contributed by atoms with Crippen molar-refractivity contribution in [2.45, 2.75) is 19.4 Å². The molecule has 1 aromatic rings. The van der Waals surface area contributed by atoms with Crippen molar-refractivity contribution >= 4 is 5.91 Å². The summed E-state index contributed by atoms with van der Waals surface area (Å²) in [4.78, 5) is 16.5. The zero-order valence-corrected chi connectivity index (χ0v) is 12.4.